The smallest absolute Gasteiger partial charge is 0.0131 e. The van der Waals surface area contributed by atoms with Gasteiger partial charge < -0.3 is 5.73 Å². The van der Waals surface area contributed by atoms with Crippen LogP contribution in [0.25, 0.3) is 0 Å². The fourth-order valence-electron chi connectivity index (χ4n) is 1.39. The van der Waals surface area contributed by atoms with E-state index >= 15 is 0 Å². The maximum atomic E-state index is 5.39. The summed E-state index contributed by atoms with van der Waals surface area (Å²) < 4.78 is 0. The Balaban J connectivity index is 1.96. The molecule has 0 radical (unpaired) electrons. The zero-order valence-corrected chi connectivity index (χ0v) is 7.18. The van der Waals surface area contributed by atoms with Crippen LogP contribution in [0.5, 0.6) is 0 Å². The predicted octanol–water partition coefficient (Wildman–Crippen LogP) is 0.326. The molecule has 0 amide bonds. The highest BCUT2D eigenvalue weighted by Gasteiger charge is 2.07. The van der Waals surface area contributed by atoms with Gasteiger partial charge in [-0.1, -0.05) is 6.42 Å². The molecule has 1 aliphatic rings. The molecule has 1 fully saturated rings. The molecule has 0 spiro atoms. The van der Waals surface area contributed by atoms with Crippen LogP contribution >= 0.6 is 0 Å². The highest BCUT2D eigenvalue weighted by atomic mass is 15.5. The van der Waals surface area contributed by atoms with Crippen LogP contribution in [0.1, 0.15) is 25.7 Å². The van der Waals surface area contributed by atoms with E-state index in [1.807, 2.05) is 0 Å². The highest BCUT2D eigenvalue weighted by Crippen LogP contribution is 2.05. The van der Waals surface area contributed by atoms with Crippen molar-refractivity contribution >= 4 is 0 Å². The lowest BCUT2D eigenvalue weighted by Gasteiger charge is -2.26. The molecule has 0 aromatic rings. The quantitative estimate of drug-likeness (QED) is 0.578. The molecule has 11 heavy (non-hydrogen) atoms. The lowest BCUT2D eigenvalue weighted by Crippen LogP contribution is -2.42. The number of nitrogens with one attached hydrogen (secondary N) is 1. The van der Waals surface area contributed by atoms with E-state index in [1.165, 1.54) is 32.4 Å². The third-order valence-electron chi connectivity index (χ3n) is 2.07. The Morgan fingerprint density at radius 1 is 1.18 bits per heavy atom. The maximum Gasteiger partial charge on any atom is 0.0131 e. The number of nitrogens with two attached hydrogens (primary N) is 1. The van der Waals surface area contributed by atoms with Crippen LogP contribution in [0, 0.1) is 0 Å². The molecular weight excluding hydrogens is 138 g/mol. The van der Waals surface area contributed by atoms with Crippen molar-refractivity contribution in [1.82, 2.24) is 10.4 Å². The molecule has 1 aliphatic heterocycles. The molecule has 0 unspecified atom stereocenters. The van der Waals surface area contributed by atoms with E-state index in [1.54, 1.807) is 0 Å². The summed E-state index contributed by atoms with van der Waals surface area (Å²) in [5, 5.41) is 2.32. The lowest BCUT2D eigenvalue weighted by molar-refractivity contribution is 0.154. The molecular formula is C8H19N3. The van der Waals surface area contributed by atoms with Gasteiger partial charge in [-0.3, -0.25) is 5.43 Å². The van der Waals surface area contributed by atoms with Gasteiger partial charge in [0.25, 0.3) is 0 Å². The Bertz CT molecular complexity index is 89.3. The molecule has 0 atom stereocenters. The lowest BCUT2D eigenvalue weighted by atomic mass is 10.2. The van der Waals surface area contributed by atoms with Crippen molar-refractivity contribution in [2.24, 2.45) is 5.73 Å². The Kier molecular flexibility index (Phi) is 4.50. The Morgan fingerprint density at radius 2 is 1.91 bits per heavy atom. The van der Waals surface area contributed by atoms with E-state index in [9.17, 15) is 0 Å². The number of hydrogen-bond acceptors (Lipinski definition) is 3. The molecule has 1 heterocycles. The second-order valence-electron chi connectivity index (χ2n) is 3.10. The van der Waals surface area contributed by atoms with Gasteiger partial charge in [0.2, 0.25) is 0 Å². The molecule has 1 rings (SSSR count). The fourth-order valence-corrected chi connectivity index (χ4v) is 1.39. The molecule has 0 bridgehead atoms. The normalized spacial score (nSPS) is 20.5. The third kappa shape index (κ3) is 3.70. The number of rotatable bonds is 4. The summed E-state index contributed by atoms with van der Waals surface area (Å²) in [5.74, 6) is 0. The molecule has 66 valence electrons. The second-order valence-corrected chi connectivity index (χ2v) is 3.10. The topological polar surface area (TPSA) is 41.3 Å². The summed E-state index contributed by atoms with van der Waals surface area (Å²) in [6, 6.07) is 0. The molecule has 3 heteroatoms. The van der Waals surface area contributed by atoms with Gasteiger partial charge in [0.15, 0.2) is 0 Å². The highest BCUT2D eigenvalue weighted by molar-refractivity contribution is 4.60. The van der Waals surface area contributed by atoms with Gasteiger partial charge in [-0.05, 0) is 25.8 Å². The first-order valence-electron chi connectivity index (χ1n) is 4.62. The van der Waals surface area contributed by atoms with Crippen LogP contribution in [0.2, 0.25) is 0 Å². The molecule has 0 aromatic heterocycles. The average molecular weight is 157 g/mol. The minimum absolute atomic E-state index is 0.792. The van der Waals surface area contributed by atoms with Crippen molar-refractivity contribution in [3.05, 3.63) is 0 Å². The van der Waals surface area contributed by atoms with E-state index in [-0.39, 0.29) is 0 Å². The molecule has 1 saturated heterocycles. The largest absolute Gasteiger partial charge is 0.330 e. The van der Waals surface area contributed by atoms with Gasteiger partial charge in [0.1, 0.15) is 0 Å². The number of hydrogen-bond donors (Lipinski definition) is 2. The maximum absolute atomic E-state index is 5.39. The monoisotopic (exact) mass is 157 g/mol. The first-order chi connectivity index (χ1) is 5.43. The molecule has 3 nitrogen and oxygen atoms in total. The molecule has 0 saturated carbocycles. The fraction of sp³-hybridized carbons (Fsp3) is 1.00. The third-order valence-corrected chi connectivity index (χ3v) is 2.07. The summed E-state index contributed by atoms with van der Waals surface area (Å²) in [4.78, 5) is 0. The summed E-state index contributed by atoms with van der Waals surface area (Å²) in [6.07, 6.45) is 5.16. The first-order valence-corrected chi connectivity index (χ1v) is 4.62. The van der Waals surface area contributed by atoms with Gasteiger partial charge in [-0.2, -0.15) is 0 Å². The standard InChI is InChI=1S/C8H19N3/c9-5-4-6-10-11-7-2-1-3-8-11/h10H,1-9H2. The predicted molar refractivity (Wildman–Crippen MR) is 47.1 cm³/mol. The second kappa shape index (κ2) is 5.52. The van der Waals surface area contributed by atoms with Crippen molar-refractivity contribution in [1.29, 1.82) is 0 Å². The van der Waals surface area contributed by atoms with Gasteiger partial charge >= 0.3 is 0 Å². The zero-order valence-electron chi connectivity index (χ0n) is 7.18. The minimum atomic E-state index is 0.792. The number of hydrazine groups is 1. The zero-order chi connectivity index (χ0) is 7.94. The van der Waals surface area contributed by atoms with E-state index in [0.717, 1.165) is 19.5 Å². The van der Waals surface area contributed by atoms with E-state index in [2.05, 4.69) is 10.4 Å². The molecule has 3 N–H and O–H groups in total. The Morgan fingerprint density at radius 3 is 2.55 bits per heavy atom. The van der Waals surface area contributed by atoms with Crippen LogP contribution in [0.4, 0.5) is 0 Å². The summed E-state index contributed by atoms with van der Waals surface area (Å²) in [5.41, 5.74) is 8.76. The number of nitrogens with zero attached hydrogens (tertiary/aromatic N) is 1. The van der Waals surface area contributed by atoms with Gasteiger partial charge in [0.05, 0.1) is 0 Å². The molecule has 0 aromatic carbocycles. The van der Waals surface area contributed by atoms with E-state index < -0.39 is 0 Å². The number of piperidine rings is 1. The Labute approximate surface area is 68.9 Å². The van der Waals surface area contributed by atoms with Crippen molar-refractivity contribution in [2.45, 2.75) is 25.7 Å². The average Bonchev–Trinajstić information content (AvgIpc) is 2.07. The van der Waals surface area contributed by atoms with Gasteiger partial charge in [-0.25, -0.2) is 5.01 Å². The Hall–Kier alpha value is -0.120. The SMILES string of the molecule is NCCCNN1CCCCC1. The van der Waals surface area contributed by atoms with E-state index in [0.29, 0.717) is 0 Å². The van der Waals surface area contributed by atoms with Crippen LogP contribution in [0.15, 0.2) is 0 Å². The van der Waals surface area contributed by atoms with Crippen molar-refractivity contribution < 1.29 is 0 Å². The van der Waals surface area contributed by atoms with Crippen LogP contribution < -0.4 is 11.2 Å². The summed E-state index contributed by atoms with van der Waals surface area (Å²) >= 11 is 0. The first kappa shape index (κ1) is 8.97. The van der Waals surface area contributed by atoms with Crippen LogP contribution in [-0.4, -0.2) is 31.2 Å². The van der Waals surface area contributed by atoms with Crippen molar-refractivity contribution in [3.8, 4) is 0 Å². The van der Waals surface area contributed by atoms with Crippen molar-refractivity contribution in [3.63, 3.8) is 0 Å². The van der Waals surface area contributed by atoms with Crippen LogP contribution in [0.3, 0.4) is 0 Å². The molecule has 0 aliphatic carbocycles. The van der Waals surface area contributed by atoms with Gasteiger partial charge in [-0.15, -0.1) is 0 Å². The van der Waals surface area contributed by atoms with E-state index in [4.69, 9.17) is 5.73 Å². The summed E-state index contributed by atoms with van der Waals surface area (Å²) in [6.45, 7) is 4.26. The van der Waals surface area contributed by atoms with Crippen molar-refractivity contribution in [2.75, 3.05) is 26.2 Å². The van der Waals surface area contributed by atoms with Gasteiger partial charge in [0, 0.05) is 19.6 Å². The summed E-state index contributed by atoms with van der Waals surface area (Å²) in [7, 11) is 0. The minimum Gasteiger partial charge on any atom is -0.330 e. The van der Waals surface area contributed by atoms with Crippen LogP contribution in [-0.2, 0) is 0 Å².